The third-order valence-corrected chi connectivity index (χ3v) is 3.39. The second-order valence-corrected chi connectivity index (χ2v) is 8.12. The molecule has 0 heterocycles. The summed E-state index contributed by atoms with van der Waals surface area (Å²) in [6, 6.07) is 15.5. The van der Waals surface area contributed by atoms with E-state index in [1.807, 2.05) is 69.3 Å². The first kappa shape index (κ1) is 18.3. The van der Waals surface area contributed by atoms with Crippen LogP contribution >= 0.6 is 0 Å². The predicted molar refractivity (Wildman–Crippen MR) is 101 cm³/mol. The highest BCUT2D eigenvalue weighted by atomic mass is 16.5. The highest BCUT2D eigenvalue weighted by Gasteiger charge is 2.22. The lowest BCUT2D eigenvalue weighted by Crippen LogP contribution is -2.27. The van der Waals surface area contributed by atoms with Crippen LogP contribution in [0.1, 0.15) is 58.8 Å². The van der Waals surface area contributed by atoms with Gasteiger partial charge in [-0.2, -0.15) is 0 Å². The fraction of sp³-hybridized carbons (Fsp3) is 0.429. The van der Waals surface area contributed by atoms with Crippen molar-refractivity contribution in [3.05, 3.63) is 59.7 Å². The van der Waals surface area contributed by atoms with Crippen molar-refractivity contribution in [3.8, 4) is 5.75 Å². The second kappa shape index (κ2) is 6.86. The molecule has 0 bridgehead atoms. The Balaban J connectivity index is 2.42. The molecule has 0 fully saturated rings. The minimum Gasteiger partial charge on any atom is -0.488 e. The number of para-hydroxylation sites is 2. The first-order chi connectivity index (χ1) is 11.1. The number of nitrogens with one attached hydrogen (secondary N) is 1. The van der Waals surface area contributed by atoms with Crippen LogP contribution in [0.25, 0.3) is 0 Å². The minimum atomic E-state index is -0.755. The largest absolute Gasteiger partial charge is 0.488 e. The van der Waals surface area contributed by atoms with E-state index >= 15 is 0 Å². The molecule has 3 heteroatoms. The third-order valence-electron chi connectivity index (χ3n) is 3.39. The maximum absolute atomic E-state index is 11.0. The highest BCUT2D eigenvalue weighted by Crippen LogP contribution is 2.35. The van der Waals surface area contributed by atoms with Crippen LogP contribution in [0, 0.1) is 0 Å². The quantitative estimate of drug-likeness (QED) is 0.815. The number of ether oxygens (including phenoxy) is 1. The van der Waals surface area contributed by atoms with Gasteiger partial charge in [-0.15, -0.1) is 0 Å². The maximum Gasteiger partial charge on any atom is 0.126 e. The molecule has 2 aromatic carbocycles. The summed E-state index contributed by atoms with van der Waals surface area (Å²) in [5.41, 5.74) is 2.15. The van der Waals surface area contributed by atoms with E-state index in [-0.39, 0.29) is 11.1 Å². The van der Waals surface area contributed by atoms with Crippen molar-refractivity contribution in [3.63, 3.8) is 0 Å². The number of anilines is 1. The molecule has 0 spiro atoms. The molecular formula is C21H29NO2. The van der Waals surface area contributed by atoms with E-state index < -0.39 is 6.10 Å². The molecule has 0 aromatic heterocycles. The van der Waals surface area contributed by atoms with E-state index in [0.29, 0.717) is 5.75 Å². The van der Waals surface area contributed by atoms with Crippen LogP contribution in [0.15, 0.2) is 48.5 Å². The lowest BCUT2D eigenvalue weighted by Gasteiger charge is -2.27. The molecular weight excluding hydrogens is 298 g/mol. The normalized spacial score (nSPS) is 13.5. The van der Waals surface area contributed by atoms with Crippen LogP contribution in [0.2, 0.25) is 0 Å². The van der Waals surface area contributed by atoms with Crippen LogP contribution in [-0.4, -0.2) is 16.2 Å². The Morgan fingerprint density at radius 1 is 0.833 bits per heavy atom. The Hall–Kier alpha value is -2.00. The number of benzene rings is 2. The van der Waals surface area contributed by atoms with Gasteiger partial charge in [0.15, 0.2) is 0 Å². The molecule has 0 aliphatic heterocycles. The second-order valence-electron chi connectivity index (χ2n) is 8.12. The predicted octanol–water partition coefficient (Wildman–Crippen LogP) is 5.16. The average Bonchev–Trinajstić information content (AvgIpc) is 2.44. The molecule has 0 saturated heterocycles. The SMILES string of the molecule is CC(C)(C)Nc1ccccc1[C@H](O)c1ccccc1OC(C)(C)C. The van der Waals surface area contributed by atoms with Crippen molar-refractivity contribution >= 4 is 5.69 Å². The Bertz CT molecular complexity index is 621. The number of hydrogen-bond acceptors (Lipinski definition) is 3. The van der Waals surface area contributed by atoms with E-state index in [1.54, 1.807) is 0 Å². The molecule has 130 valence electrons. The zero-order chi connectivity index (χ0) is 18.0. The number of hydrogen-bond donors (Lipinski definition) is 2. The van der Waals surface area contributed by atoms with Crippen LogP contribution in [0.3, 0.4) is 0 Å². The van der Waals surface area contributed by atoms with Crippen molar-refractivity contribution in [1.82, 2.24) is 0 Å². The van der Waals surface area contributed by atoms with Gasteiger partial charge in [-0.1, -0.05) is 36.4 Å². The van der Waals surface area contributed by atoms with Gasteiger partial charge in [-0.25, -0.2) is 0 Å². The minimum absolute atomic E-state index is 0.0861. The standard InChI is InChI=1S/C21H29NO2/c1-20(2,3)22-17-13-9-7-11-15(17)19(23)16-12-8-10-14-18(16)24-21(4,5)6/h7-14,19,22-23H,1-6H3/t19-/m0/s1. The topological polar surface area (TPSA) is 41.5 Å². The summed E-state index contributed by atoms with van der Waals surface area (Å²) in [4.78, 5) is 0. The van der Waals surface area contributed by atoms with Gasteiger partial charge in [0.05, 0.1) is 0 Å². The Labute approximate surface area is 145 Å². The van der Waals surface area contributed by atoms with Gasteiger partial charge < -0.3 is 15.2 Å². The number of aliphatic hydroxyl groups is 1. The van der Waals surface area contributed by atoms with E-state index in [4.69, 9.17) is 4.74 Å². The number of aliphatic hydroxyl groups excluding tert-OH is 1. The lowest BCUT2D eigenvalue weighted by molar-refractivity contribution is 0.123. The molecule has 0 aliphatic rings. The first-order valence-electron chi connectivity index (χ1n) is 8.40. The smallest absolute Gasteiger partial charge is 0.126 e. The van der Waals surface area contributed by atoms with Crippen molar-refractivity contribution in [1.29, 1.82) is 0 Å². The summed E-state index contributed by atoms with van der Waals surface area (Å²) in [6.45, 7) is 12.3. The van der Waals surface area contributed by atoms with Crippen molar-refractivity contribution in [2.24, 2.45) is 0 Å². The zero-order valence-corrected chi connectivity index (χ0v) is 15.6. The monoisotopic (exact) mass is 327 g/mol. The van der Waals surface area contributed by atoms with Crippen molar-refractivity contribution in [2.75, 3.05) is 5.32 Å². The van der Waals surface area contributed by atoms with Crippen molar-refractivity contribution in [2.45, 2.75) is 58.8 Å². The van der Waals surface area contributed by atoms with Crippen LogP contribution in [0.5, 0.6) is 5.75 Å². The summed E-state index contributed by atoms with van der Waals surface area (Å²) in [6.07, 6.45) is -0.755. The van der Waals surface area contributed by atoms with E-state index in [2.05, 4.69) is 26.1 Å². The van der Waals surface area contributed by atoms with Gasteiger partial charge in [0.25, 0.3) is 0 Å². The Kier molecular flexibility index (Phi) is 5.24. The molecule has 24 heavy (non-hydrogen) atoms. The van der Waals surface area contributed by atoms with Gasteiger partial charge in [-0.05, 0) is 53.7 Å². The molecule has 2 rings (SSSR count). The molecule has 0 aliphatic carbocycles. The molecule has 3 nitrogen and oxygen atoms in total. The van der Waals surface area contributed by atoms with Gasteiger partial charge in [0.2, 0.25) is 0 Å². The highest BCUT2D eigenvalue weighted by molar-refractivity contribution is 5.56. The number of rotatable bonds is 4. The zero-order valence-electron chi connectivity index (χ0n) is 15.6. The van der Waals surface area contributed by atoms with Gasteiger partial charge in [-0.3, -0.25) is 0 Å². The van der Waals surface area contributed by atoms with Crippen LogP contribution < -0.4 is 10.1 Å². The summed E-state index contributed by atoms with van der Waals surface area (Å²) in [5, 5.41) is 14.5. The van der Waals surface area contributed by atoms with Gasteiger partial charge >= 0.3 is 0 Å². The summed E-state index contributed by atoms with van der Waals surface area (Å²) in [5.74, 6) is 0.711. The van der Waals surface area contributed by atoms with E-state index in [1.165, 1.54) is 0 Å². The molecule has 2 aromatic rings. The Morgan fingerprint density at radius 2 is 1.38 bits per heavy atom. The molecule has 0 amide bonds. The van der Waals surface area contributed by atoms with Gasteiger partial charge in [0.1, 0.15) is 17.5 Å². The summed E-state index contributed by atoms with van der Waals surface area (Å²) >= 11 is 0. The summed E-state index contributed by atoms with van der Waals surface area (Å²) < 4.78 is 6.04. The Morgan fingerprint density at radius 3 is 1.96 bits per heavy atom. The van der Waals surface area contributed by atoms with Gasteiger partial charge in [0, 0.05) is 22.4 Å². The van der Waals surface area contributed by atoms with Crippen molar-refractivity contribution < 1.29 is 9.84 Å². The van der Waals surface area contributed by atoms with Crippen LogP contribution in [-0.2, 0) is 0 Å². The fourth-order valence-electron chi connectivity index (χ4n) is 2.55. The molecule has 0 radical (unpaired) electrons. The van der Waals surface area contributed by atoms with E-state index in [0.717, 1.165) is 16.8 Å². The van der Waals surface area contributed by atoms with Crippen LogP contribution in [0.4, 0.5) is 5.69 Å². The lowest BCUT2D eigenvalue weighted by atomic mass is 9.97. The molecule has 0 saturated carbocycles. The fourth-order valence-corrected chi connectivity index (χ4v) is 2.55. The first-order valence-corrected chi connectivity index (χ1v) is 8.40. The third kappa shape index (κ3) is 5.00. The molecule has 1 atom stereocenters. The molecule has 0 unspecified atom stereocenters. The average molecular weight is 327 g/mol. The maximum atomic E-state index is 11.0. The molecule has 2 N–H and O–H groups in total. The summed E-state index contributed by atoms with van der Waals surface area (Å²) in [7, 11) is 0. The van der Waals surface area contributed by atoms with E-state index in [9.17, 15) is 5.11 Å².